The largest absolute Gasteiger partial charge is 0.340 e. The van der Waals surface area contributed by atoms with E-state index < -0.39 is 0 Å². The minimum atomic E-state index is 0.312. The third kappa shape index (κ3) is 3.74. The highest BCUT2D eigenvalue weighted by Crippen LogP contribution is 2.28. The third-order valence-corrected chi connectivity index (χ3v) is 4.34. The highest BCUT2D eigenvalue weighted by atomic mass is 15.3. The van der Waals surface area contributed by atoms with E-state index in [1.165, 1.54) is 0 Å². The minimum Gasteiger partial charge on any atom is -0.340 e. The Balaban J connectivity index is 1.55. The molecule has 1 atom stereocenters. The van der Waals surface area contributed by atoms with Gasteiger partial charge < -0.3 is 10.2 Å². The van der Waals surface area contributed by atoms with E-state index in [0.29, 0.717) is 17.7 Å². The molecule has 8 nitrogen and oxygen atoms in total. The fourth-order valence-corrected chi connectivity index (χ4v) is 3.20. The van der Waals surface area contributed by atoms with E-state index in [1.807, 2.05) is 19.1 Å². The number of aromatic nitrogens is 6. The molecule has 4 heterocycles. The number of hydrogen-bond acceptors (Lipinski definition) is 8. The topological polar surface area (TPSA) is 92.6 Å². The molecule has 1 N–H and O–H groups in total. The van der Waals surface area contributed by atoms with Crippen LogP contribution < -0.4 is 10.2 Å². The Kier molecular flexibility index (Phi) is 4.63. The van der Waals surface area contributed by atoms with Gasteiger partial charge in [-0.3, -0.25) is 0 Å². The Morgan fingerprint density at radius 2 is 1.73 bits per heavy atom. The number of hydrogen-bond donors (Lipinski definition) is 1. The van der Waals surface area contributed by atoms with Gasteiger partial charge in [-0.25, -0.2) is 29.9 Å². The number of aryl methyl sites for hydroxylation is 1. The van der Waals surface area contributed by atoms with Gasteiger partial charge in [-0.15, -0.1) is 0 Å². The van der Waals surface area contributed by atoms with Gasteiger partial charge in [0, 0.05) is 49.9 Å². The molecule has 3 aromatic rings. The molecule has 1 aliphatic heterocycles. The summed E-state index contributed by atoms with van der Waals surface area (Å²) in [5.41, 5.74) is 1.02. The molecular weight excluding hydrogens is 328 g/mol. The van der Waals surface area contributed by atoms with Crippen LogP contribution >= 0.6 is 0 Å². The van der Waals surface area contributed by atoms with Crippen LogP contribution in [0.15, 0.2) is 43.0 Å². The van der Waals surface area contributed by atoms with Crippen LogP contribution in [-0.4, -0.2) is 43.0 Å². The van der Waals surface area contributed by atoms with Crippen molar-refractivity contribution in [1.82, 2.24) is 29.9 Å². The van der Waals surface area contributed by atoms with Gasteiger partial charge in [-0.2, -0.15) is 0 Å². The molecule has 1 aliphatic rings. The standard InChI is InChI=1S/C18H20N8/c1-13-23-15(11-16(24-13)25-17-19-6-3-7-20-17)14-5-2-10-26(12-14)18-21-8-4-9-22-18/h3-4,6-9,11,14H,2,5,10,12H2,1H3,(H,19,20,23,24,25)/t14-/m1/s1. The summed E-state index contributed by atoms with van der Waals surface area (Å²) in [6, 6.07) is 5.61. The van der Waals surface area contributed by atoms with Crippen LogP contribution in [0.4, 0.5) is 17.7 Å². The molecule has 0 spiro atoms. The summed E-state index contributed by atoms with van der Waals surface area (Å²) < 4.78 is 0. The summed E-state index contributed by atoms with van der Waals surface area (Å²) in [7, 11) is 0. The Morgan fingerprint density at radius 3 is 2.50 bits per heavy atom. The molecule has 0 aromatic carbocycles. The second kappa shape index (κ2) is 7.38. The highest BCUT2D eigenvalue weighted by Gasteiger charge is 2.24. The maximum Gasteiger partial charge on any atom is 0.228 e. The van der Waals surface area contributed by atoms with Gasteiger partial charge in [-0.1, -0.05) is 0 Å². The molecule has 4 rings (SSSR count). The summed E-state index contributed by atoms with van der Waals surface area (Å²) in [6.07, 6.45) is 9.12. The molecule has 26 heavy (non-hydrogen) atoms. The van der Waals surface area contributed by atoms with E-state index in [-0.39, 0.29) is 0 Å². The lowest BCUT2D eigenvalue weighted by molar-refractivity contribution is 0.494. The first-order valence-electron chi connectivity index (χ1n) is 8.69. The summed E-state index contributed by atoms with van der Waals surface area (Å²) in [6.45, 7) is 3.72. The first-order valence-corrected chi connectivity index (χ1v) is 8.69. The predicted octanol–water partition coefficient (Wildman–Crippen LogP) is 2.49. The Bertz CT molecular complexity index is 856. The molecule has 0 unspecified atom stereocenters. The van der Waals surface area contributed by atoms with Gasteiger partial charge in [-0.05, 0) is 31.9 Å². The van der Waals surface area contributed by atoms with Crippen molar-refractivity contribution in [2.24, 2.45) is 0 Å². The van der Waals surface area contributed by atoms with Crippen molar-refractivity contribution in [1.29, 1.82) is 0 Å². The minimum absolute atomic E-state index is 0.312. The van der Waals surface area contributed by atoms with E-state index in [1.54, 1.807) is 30.9 Å². The second-order valence-electron chi connectivity index (χ2n) is 6.26. The Hall–Kier alpha value is -3.16. The average Bonchev–Trinajstić information content (AvgIpc) is 2.69. The molecule has 8 heteroatoms. The SMILES string of the molecule is Cc1nc(Nc2ncccn2)cc([C@@H]2CCCN(c3ncccn3)C2)n1. The van der Waals surface area contributed by atoms with Crippen LogP contribution in [0, 0.1) is 6.92 Å². The van der Waals surface area contributed by atoms with E-state index in [0.717, 1.165) is 43.4 Å². The number of nitrogens with zero attached hydrogens (tertiary/aromatic N) is 7. The lowest BCUT2D eigenvalue weighted by atomic mass is 9.94. The van der Waals surface area contributed by atoms with E-state index in [2.05, 4.69) is 40.1 Å². The van der Waals surface area contributed by atoms with Crippen molar-refractivity contribution in [3.05, 3.63) is 54.5 Å². The molecule has 0 amide bonds. The Morgan fingerprint density at radius 1 is 1.00 bits per heavy atom. The van der Waals surface area contributed by atoms with Crippen LogP contribution in [0.1, 0.15) is 30.3 Å². The summed E-state index contributed by atoms with van der Waals surface area (Å²) in [5, 5.41) is 3.16. The average molecular weight is 348 g/mol. The highest BCUT2D eigenvalue weighted by molar-refractivity contribution is 5.48. The smallest absolute Gasteiger partial charge is 0.228 e. The number of piperidine rings is 1. The van der Waals surface area contributed by atoms with Gasteiger partial charge in [0.15, 0.2) is 0 Å². The zero-order chi connectivity index (χ0) is 17.8. The molecule has 1 fully saturated rings. The maximum atomic E-state index is 4.67. The zero-order valence-electron chi connectivity index (χ0n) is 14.6. The van der Waals surface area contributed by atoms with Crippen molar-refractivity contribution >= 4 is 17.7 Å². The first kappa shape index (κ1) is 16.3. The molecule has 3 aromatic heterocycles. The van der Waals surface area contributed by atoms with Crippen molar-refractivity contribution in [3.63, 3.8) is 0 Å². The molecule has 0 bridgehead atoms. The Labute approximate surface area is 151 Å². The van der Waals surface area contributed by atoms with Gasteiger partial charge in [0.05, 0.1) is 5.69 Å². The summed E-state index contributed by atoms with van der Waals surface area (Å²) >= 11 is 0. The monoisotopic (exact) mass is 348 g/mol. The molecule has 0 aliphatic carbocycles. The molecule has 0 saturated carbocycles. The first-order chi connectivity index (χ1) is 12.8. The summed E-state index contributed by atoms with van der Waals surface area (Å²) in [5.74, 6) is 3.06. The van der Waals surface area contributed by atoms with E-state index >= 15 is 0 Å². The number of anilines is 3. The lowest BCUT2D eigenvalue weighted by Crippen LogP contribution is -2.35. The van der Waals surface area contributed by atoms with Gasteiger partial charge >= 0.3 is 0 Å². The fraction of sp³-hybridized carbons (Fsp3) is 0.333. The van der Waals surface area contributed by atoms with Crippen LogP contribution in [0.3, 0.4) is 0 Å². The van der Waals surface area contributed by atoms with Gasteiger partial charge in [0.1, 0.15) is 11.6 Å². The van der Waals surface area contributed by atoms with Crippen LogP contribution in [-0.2, 0) is 0 Å². The normalized spacial score (nSPS) is 17.1. The molecule has 0 radical (unpaired) electrons. The van der Waals surface area contributed by atoms with Gasteiger partial charge in [0.2, 0.25) is 11.9 Å². The van der Waals surface area contributed by atoms with Crippen molar-refractivity contribution < 1.29 is 0 Å². The second-order valence-corrected chi connectivity index (χ2v) is 6.26. The number of rotatable bonds is 4. The molecule has 1 saturated heterocycles. The molecule has 132 valence electrons. The van der Waals surface area contributed by atoms with Crippen LogP contribution in [0.25, 0.3) is 0 Å². The zero-order valence-corrected chi connectivity index (χ0v) is 14.6. The fourth-order valence-electron chi connectivity index (χ4n) is 3.20. The maximum absolute atomic E-state index is 4.67. The van der Waals surface area contributed by atoms with Crippen molar-refractivity contribution in [3.8, 4) is 0 Å². The van der Waals surface area contributed by atoms with Crippen molar-refractivity contribution in [2.45, 2.75) is 25.7 Å². The van der Waals surface area contributed by atoms with E-state index in [4.69, 9.17) is 0 Å². The van der Waals surface area contributed by atoms with Gasteiger partial charge in [0.25, 0.3) is 0 Å². The van der Waals surface area contributed by atoms with Crippen LogP contribution in [0.5, 0.6) is 0 Å². The number of nitrogens with one attached hydrogen (secondary N) is 1. The van der Waals surface area contributed by atoms with E-state index in [9.17, 15) is 0 Å². The third-order valence-electron chi connectivity index (χ3n) is 4.34. The predicted molar refractivity (Wildman–Crippen MR) is 98.3 cm³/mol. The van der Waals surface area contributed by atoms with Crippen molar-refractivity contribution in [2.75, 3.05) is 23.3 Å². The lowest BCUT2D eigenvalue weighted by Gasteiger charge is -2.32. The van der Waals surface area contributed by atoms with Crippen LogP contribution in [0.2, 0.25) is 0 Å². The molecular formula is C18H20N8. The quantitative estimate of drug-likeness (QED) is 0.769. The summed E-state index contributed by atoms with van der Waals surface area (Å²) in [4.78, 5) is 28.5.